The molecular weight excluding hydrogens is 359 g/mol. The van der Waals surface area contributed by atoms with Crippen LogP contribution in [-0.4, -0.2) is 25.8 Å². The molecule has 0 atom stereocenters. The van der Waals surface area contributed by atoms with Crippen molar-refractivity contribution in [3.05, 3.63) is 30.3 Å². The highest BCUT2D eigenvalue weighted by Gasteiger charge is 2.64. The van der Waals surface area contributed by atoms with E-state index in [9.17, 15) is 4.57 Å². The Morgan fingerprint density at radius 1 is 0.958 bits per heavy atom. The lowest BCUT2D eigenvalue weighted by Crippen LogP contribution is -2.75. The van der Waals surface area contributed by atoms with Gasteiger partial charge in [0.2, 0.25) is 0 Å². The van der Waals surface area contributed by atoms with Gasteiger partial charge in [-0.15, -0.1) is 8.89 Å². The highest BCUT2D eigenvalue weighted by molar-refractivity contribution is 7.59. The van der Waals surface area contributed by atoms with Crippen LogP contribution in [0.15, 0.2) is 30.3 Å². The third kappa shape index (κ3) is 3.04. The molecule has 2 rings (SSSR count). The van der Waals surface area contributed by atoms with Gasteiger partial charge in [-0.2, -0.15) is 0 Å². The molecule has 1 aliphatic rings. The smallest absolute Gasteiger partial charge is 0.412 e. The zero-order chi connectivity index (χ0) is 18.0. The maximum absolute atomic E-state index is 13.9. The van der Waals surface area contributed by atoms with Crippen molar-refractivity contribution in [3.63, 3.8) is 0 Å². The normalized spacial score (nSPS) is 23.1. The molecule has 136 valence electrons. The Kier molecular flexibility index (Phi) is 6.09. The number of hydrogen-bond donors (Lipinski definition) is 2. The molecule has 10 heteroatoms. The van der Waals surface area contributed by atoms with Crippen LogP contribution in [0.1, 0.15) is 27.7 Å². The van der Waals surface area contributed by atoms with E-state index in [1.165, 1.54) is 8.89 Å². The fourth-order valence-electron chi connectivity index (χ4n) is 3.15. The van der Waals surface area contributed by atoms with Crippen molar-refractivity contribution in [2.75, 3.05) is 0 Å². The largest absolute Gasteiger partial charge is 0.430 e. The highest BCUT2D eigenvalue weighted by Crippen LogP contribution is 2.60. The van der Waals surface area contributed by atoms with Crippen molar-refractivity contribution < 1.29 is 13.2 Å². The molecule has 24 heavy (non-hydrogen) atoms. The molecule has 1 saturated heterocycles. The molecule has 1 aromatic carbocycles. The maximum Gasteiger partial charge on any atom is 0.412 e. The zero-order valence-corrected chi connectivity index (χ0v) is 17.8. The number of benzene rings is 1. The molecule has 0 amide bonds. The van der Waals surface area contributed by atoms with Crippen LogP contribution in [0.4, 0.5) is 0 Å². The minimum atomic E-state index is -3.61. The Morgan fingerprint density at radius 3 is 1.75 bits per heavy atom. The van der Waals surface area contributed by atoms with Gasteiger partial charge in [-0.3, -0.25) is 11.7 Å². The van der Waals surface area contributed by atoms with Crippen LogP contribution in [0.5, 0.6) is 5.75 Å². The van der Waals surface area contributed by atoms with Gasteiger partial charge >= 0.3 is 7.67 Å². The summed E-state index contributed by atoms with van der Waals surface area (Å²) < 4.78 is 29.2. The van der Waals surface area contributed by atoms with E-state index in [0.717, 1.165) is 24.2 Å². The van der Waals surface area contributed by atoms with Crippen LogP contribution in [0.3, 0.4) is 0 Å². The topological polar surface area (TPSA) is 94.0 Å². The first-order chi connectivity index (χ1) is 11.3. The Balaban J connectivity index is 2.55. The van der Waals surface area contributed by atoms with E-state index in [2.05, 4.69) is 0 Å². The van der Waals surface area contributed by atoms with Gasteiger partial charge in [-0.05, 0) is 36.3 Å². The molecule has 0 spiro atoms. The van der Waals surface area contributed by atoms with Crippen LogP contribution in [0.25, 0.3) is 0 Å². The minimum absolute atomic E-state index is 0.499. The van der Waals surface area contributed by atoms with Crippen molar-refractivity contribution in [3.8, 4) is 5.75 Å². The summed E-state index contributed by atoms with van der Waals surface area (Å²) in [5, 5.41) is 0. The molecule has 0 saturated carbocycles. The van der Waals surface area contributed by atoms with Crippen molar-refractivity contribution >= 4 is 24.6 Å². The summed E-state index contributed by atoms with van der Waals surface area (Å²) in [6.45, 7) is 8.16. The van der Waals surface area contributed by atoms with Crippen molar-refractivity contribution in [1.82, 2.24) is 8.89 Å². The first kappa shape index (κ1) is 19.8. The number of para-hydroxylation sites is 1. The summed E-state index contributed by atoms with van der Waals surface area (Å²) in [7, 11) is -8.76. The summed E-state index contributed by atoms with van der Waals surface area (Å²) in [6, 6.07) is 12.0. The number of hydrazine groups is 2. The van der Waals surface area contributed by atoms with Gasteiger partial charge in [0, 0.05) is 0 Å². The van der Waals surface area contributed by atoms with Gasteiger partial charge in [0.25, 0.3) is 17.0 Å². The molecule has 0 bridgehead atoms. The molecule has 0 radical (unpaired) electrons. The average molecular weight is 389 g/mol. The van der Waals surface area contributed by atoms with E-state index in [1.54, 1.807) is 12.1 Å². The predicted molar refractivity (Wildman–Crippen MR) is 101 cm³/mol. The number of nitrogens with zero attached hydrogens (tertiary/aromatic N) is 2. The van der Waals surface area contributed by atoms with Gasteiger partial charge in [-0.1, -0.05) is 45.9 Å². The van der Waals surface area contributed by atoms with Crippen LogP contribution in [0.2, 0.25) is 24.2 Å². The zero-order valence-electron chi connectivity index (χ0n) is 14.9. The van der Waals surface area contributed by atoms with E-state index >= 15 is 0 Å². The maximum atomic E-state index is 13.9. The summed E-state index contributed by atoms with van der Waals surface area (Å²) in [5.74, 6) is 13.2. The third-order valence-electron chi connectivity index (χ3n) is 4.94. The molecule has 1 aromatic rings. The number of nitrogens with two attached hydrogens (primary N) is 2. The Hall–Kier alpha value is -0.516. The van der Waals surface area contributed by atoms with Gasteiger partial charge in [-0.25, -0.2) is 4.57 Å². The van der Waals surface area contributed by atoms with E-state index in [1.807, 2.05) is 45.9 Å². The second kappa shape index (κ2) is 7.39. The highest BCUT2D eigenvalue weighted by atomic mass is 31.2. The van der Waals surface area contributed by atoms with Gasteiger partial charge in [0.15, 0.2) is 0 Å². The fraction of sp³-hybridized carbons (Fsp3) is 0.571. The fourth-order valence-corrected chi connectivity index (χ4v) is 19.3. The lowest BCUT2D eigenvalue weighted by molar-refractivity contribution is 0.283. The number of rotatable bonds is 6. The Labute approximate surface area is 146 Å². The van der Waals surface area contributed by atoms with Crippen molar-refractivity contribution in [1.29, 1.82) is 0 Å². The Morgan fingerprint density at radius 2 is 1.38 bits per heavy atom. The molecule has 7 nitrogen and oxygen atoms in total. The molecule has 0 unspecified atom stereocenters. The molecular formula is C14H29N4O3PSi2. The monoisotopic (exact) mass is 388 g/mol. The molecule has 1 aliphatic heterocycles. The summed E-state index contributed by atoms with van der Waals surface area (Å²) >= 11 is 0. The van der Waals surface area contributed by atoms with Crippen molar-refractivity contribution in [2.45, 2.75) is 51.9 Å². The van der Waals surface area contributed by atoms with Gasteiger partial charge < -0.3 is 8.64 Å². The molecule has 0 aliphatic carbocycles. The first-order valence-corrected chi connectivity index (χ1v) is 14.6. The second-order valence-electron chi connectivity index (χ2n) is 5.99. The van der Waals surface area contributed by atoms with Crippen LogP contribution in [0, 0.1) is 0 Å². The Bertz CT molecular complexity index is 571. The van der Waals surface area contributed by atoms with Crippen molar-refractivity contribution in [2.24, 2.45) is 11.7 Å². The van der Waals surface area contributed by atoms with Crippen LogP contribution >= 0.6 is 7.67 Å². The average Bonchev–Trinajstić information content (AvgIpc) is 2.62. The van der Waals surface area contributed by atoms with Crippen LogP contribution in [-0.2, 0) is 8.68 Å². The second-order valence-corrected chi connectivity index (χ2v) is 17.2. The summed E-state index contributed by atoms with van der Waals surface area (Å²) in [5.41, 5.74) is 0. The minimum Gasteiger partial charge on any atom is -0.430 e. The van der Waals surface area contributed by atoms with E-state index in [0.29, 0.717) is 5.75 Å². The molecule has 1 fully saturated rings. The van der Waals surface area contributed by atoms with E-state index < -0.39 is 24.6 Å². The standard InChI is InChI=1S/C14H29N4O3PSi2/c1-5-23(6-2)17(15)22(19,20-14-12-10-9-11-13-14)18(16)24(7-3,8-4)21-23/h9-13H,5-8,15-16H2,1-4H3. The molecule has 0 aromatic heterocycles. The van der Waals surface area contributed by atoms with Crippen LogP contribution < -0.4 is 16.2 Å². The van der Waals surface area contributed by atoms with Gasteiger partial charge in [0.05, 0.1) is 0 Å². The molecule has 4 N–H and O–H groups in total. The van der Waals surface area contributed by atoms with Gasteiger partial charge in [0.1, 0.15) is 5.75 Å². The molecule has 1 heterocycles. The summed E-state index contributed by atoms with van der Waals surface area (Å²) in [4.78, 5) is 0. The first-order valence-electron chi connectivity index (χ1n) is 8.49. The van der Waals surface area contributed by atoms with E-state index in [-0.39, 0.29) is 0 Å². The lowest BCUT2D eigenvalue weighted by Gasteiger charge is -2.55. The van der Waals surface area contributed by atoms with E-state index in [4.69, 9.17) is 20.3 Å². The quantitative estimate of drug-likeness (QED) is 0.437. The lowest BCUT2D eigenvalue weighted by atomic mass is 10.3. The summed E-state index contributed by atoms with van der Waals surface area (Å²) in [6.07, 6.45) is 0. The third-order valence-corrected chi connectivity index (χ3v) is 19.3. The number of hydrogen-bond acceptors (Lipinski definition) is 5. The SMILES string of the molecule is CC[Si]1(CC)O[Si](CC)(CC)N(N)P(=O)(Oc2ccccc2)N1N. The predicted octanol–water partition coefficient (Wildman–Crippen LogP) is 3.52.